The van der Waals surface area contributed by atoms with Crippen LogP contribution in [-0.2, 0) is 24.1 Å². The Kier molecular flexibility index (Phi) is 6.51. The fourth-order valence-electron chi connectivity index (χ4n) is 2.95. The quantitative estimate of drug-likeness (QED) is 0.612. The molecule has 0 radical (unpaired) electrons. The highest BCUT2D eigenvalue weighted by atomic mass is 16.2. The Balaban J connectivity index is 2.11. The highest BCUT2D eigenvalue weighted by Crippen LogP contribution is 2.15. The maximum atomic E-state index is 12.2. The number of aryl methyl sites for hydroxylation is 4. The zero-order chi connectivity index (χ0) is 18.4. The Morgan fingerprint density at radius 1 is 1.00 bits per heavy atom. The third-order valence-electron chi connectivity index (χ3n) is 4.55. The molecule has 0 saturated carbocycles. The fourth-order valence-corrected chi connectivity index (χ4v) is 2.95. The second-order valence-corrected chi connectivity index (χ2v) is 6.54. The molecule has 0 saturated heterocycles. The van der Waals surface area contributed by atoms with Crippen molar-refractivity contribution in [2.45, 2.75) is 53.9 Å². The van der Waals surface area contributed by atoms with Gasteiger partial charge in [-0.1, -0.05) is 49.7 Å². The van der Waals surface area contributed by atoms with Crippen LogP contribution in [0.5, 0.6) is 0 Å². The molecule has 0 unspecified atom stereocenters. The van der Waals surface area contributed by atoms with Gasteiger partial charge < -0.3 is 0 Å². The normalized spacial score (nSPS) is 11.5. The maximum absolute atomic E-state index is 12.2. The molecule has 0 spiro atoms. The van der Waals surface area contributed by atoms with Gasteiger partial charge in [-0.2, -0.15) is 5.10 Å². The Labute approximate surface area is 151 Å². The Morgan fingerprint density at radius 2 is 1.72 bits per heavy atom. The lowest BCUT2D eigenvalue weighted by atomic mass is 9.98. The van der Waals surface area contributed by atoms with Gasteiger partial charge >= 0.3 is 0 Å². The van der Waals surface area contributed by atoms with E-state index in [1.54, 1.807) is 0 Å². The summed E-state index contributed by atoms with van der Waals surface area (Å²) in [4.78, 5) is 12.2. The van der Waals surface area contributed by atoms with E-state index in [-0.39, 0.29) is 5.91 Å². The summed E-state index contributed by atoms with van der Waals surface area (Å²) >= 11 is 0. The van der Waals surface area contributed by atoms with E-state index in [1.165, 1.54) is 16.7 Å². The van der Waals surface area contributed by atoms with Crippen molar-refractivity contribution in [3.8, 4) is 0 Å². The predicted molar refractivity (Wildman–Crippen MR) is 105 cm³/mol. The van der Waals surface area contributed by atoms with Crippen LogP contribution in [0.2, 0.25) is 0 Å². The van der Waals surface area contributed by atoms with Crippen LogP contribution in [-0.4, -0.2) is 11.6 Å². The van der Waals surface area contributed by atoms with Crippen molar-refractivity contribution in [1.82, 2.24) is 5.43 Å². The number of rotatable bonds is 6. The van der Waals surface area contributed by atoms with Gasteiger partial charge in [0.2, 0.25) is 5.91 Å². The zero-order valence-corrected chi connectivity index (χ0v) is 15.9. The monoisotopic (exact) mass is 336 g/mol. The van der Waals surface area contributed by atoms with E-state index < -0.39 is 0 Å². The Hall–Kier alpha value is -2.42. The molecule has 132 valence electrons. The molecule has 0 fully saturated rings. The molecule has 2 rings (SSSR count). The van der Waals surface area contributed by atoms with Crippen molar-refractivity contribution >= 4 is 11.6 Å². The molecule has 0 aliphatic heterocycles. The summed E-state index contributed by atoms with van der Waals surface area (Å²) in [6.45, 7) is 10.3. The molecule has 0 atom stereocenters. The van der Waals surface area contributed by atoms with Crippen molar-refractivity contribution in [1.29, 1.82) is 0 Å². The van der Waals surface area contributed by atoms with Gasteiger partial charge in [-0.15, -0.1) is 0 Å². The van der Waals surface area contributed by atoms with Crippen molar-refractivity contribution in [2.75, 3.05) is 0 Å². The van der Waals surface area contributed by atoms with Crippen LogP contribution in [0.3, 0.4) is 0 Å². The van der Waals surface area contributed by atoms with Crippen LogP contribution in [0.15, 0.2) is 41.5 Å². The molecule has 3 heteroatoms. The van der Waals surface area contributed by atoms with Crippen LogP contribution >= 0.6 is 0 Å². The number of nitrogens with zero attached hydrogens (tertiary/aromatic N) is 1. The summed E-state index contributed by atoms with van der Waals surface area (Å²) in [6, 6.07) is 12.6. The molecule has 3 nitrogen and oxygen atoms in total. The van der Waals surface area contributed by atoms with Gasteiger partial charge in [0.1, 0.15) is 0 Å². The van der Waals surface area contributed by atoms with Crippen LogP contribution in [0.4, 0.5) is 0 Å². The number of amides is 1. The van der Waals surface area contributed by atoms with Gasteiger partial charge in [0.15, 0.2) is 0 Å². The summed E-state index contributed by atoms with van der Waals surface area (Å²) < 4.78 is 0. The van der Waals surface area contributed by atoms with Crippen LogP contribution in [0.25, 0.3) is 0 Å². The molecule has 1 amide bonds. The summed E-state index contributed by atoms with van der Waals surface area (Å²) in [5.41, 5.74) is 10.6. The minimum atomic E-state index is -0.0870. The minimum absolute atomic E-state index is 0.0870. The number of hydrogen-bond donors (Lipinski definition) is 1. The van der Waals surface area contributed by atoms with Gasteiger partial charge in [0.25, 0.3) is 0 Å². The predicted octanol–water partition coefficient (Wildman–Crippen LogP) is 4.51. The van der Waals surface area contributed by atoms with Crippen molar-refractivity contribution < 1.29 is 4.79 Å². The standard InChI is InChI=1S/C22H28N2O/c1-6-18-9-11-19(7-2)21(13-18)17(5)23-24-22(25)14-20-10-8-15(3)12-16(20)4/h8-13H,6-7,14H2,1-5H3,(H,24,25)/b23-17-. The summed E-state index contributed by atoms with van der Waals surface area (Å²) in [6.07, 6.45) is 2.28. The van der Waals surface area contributed by atoms with E-state index in [2.05, 4.69) is 55.6 Å². The molecule has 1 N–H and O–H groups in total. The molecule has 2 aromatic carbocycles. The first-order valence-corrected chi connectivity index (χ1v) is 8.96. The maximum Gasteiger partial charge on any atom is 0.244 e. The second-order valence-electron chi connectivity index (χ2n) is 6.54. The summed E-state index contributed by atoms with van der Waals surface area (Å²) in [5, 5.41) is 4.34. The third kappa shape index (κ3) is 5.02. The number of nitrogens with one attached hydrogen (secondary N) is 1. The van der Waals surface area contributed by atoms with Gasteiger partial charge in [0, 0.05) is 5.56 Å². The molecule has 0 heterocycles. The topological polar surface area (TPSA) is 41.5 Å². The highest BCUT2D eigenvalue weighted by Gasteiger charge is 2.08. The SMILES string of the molecule is CCc1ccc(CC)c(/C(C)=N\NC(=O)Cc2ccc(C)cc2C)c1. The number of hydrogen-bond acceptors (Lipinski definition) is 2. The van der Waals surface area contributed by atoms with Gasteiger partial charge in [-0.25, -0.2) is 5.43 Å². The summed E-state index contributed by atoms with van der Waals surface area (Å²) in [7, 11) is 0. The smallest absolute Gasteiger partial charge is 0.244 e. The van der Waals surface area contributed by atoms with Crippen LogP contribution in [0, 0.1) is 13.8 Å². The van der Waals surface area contributed by atoms with Crippen LogP contribution in [0.1, 0.15) is 54.2 Å². The van der Waals surface area contributed by atoms with Gasteiger partial charge in [-0.05, 0) is 61.9 Å². The Morgan fingerprint density at radius 3 is 2.36 bits per heavy atom. The van der Waals surface area contributed by atoms with E-state index in [9.17, 15) is 4.79 Å². The van der Waals surface area contributed by atoms with Crippen molar-refractivity contribution in [3.05, 3.63) is 69.8 Å². The molecular formula is C22H28N2O. The second kappa shape index (κ2) is 8.61. The minimum Gasteiger partial charge on any atom is -0.273 e. The molecule has 0 aromatic heterocycles. The third-order valence-corrected chi connectivity index (χ3v) is 4.55. The molecule has 0 aliphatic carbocycles. The number of carbonyl (C=O) groups excluding carboxylic acids is 1. The van der Waals surface area contributed by atoms with E-state index >= 15 is 0 Å². The lowest BCUT2D eigenvalue weighted by molar-refractivity contribution is -0.120. The van der Waals surface area contributed by atoms with E-state index in [0.717, 1.165) is 35.2 Å². The molecule has 25 heavy (non-hydrogen) atoms. The van der Waals surface area contributed by atoms with E-state index in [4.69, 9.17) is 0 Å². The zero-order valence-electron chi connectivity index (χ0n) is 15.9. The molecular weight excluding hydrogens is 308 g/mol. The average Bonchev–Trinajstić information content (AvgIpc) is 2.61. The first-order chi connectivity index (χ1) is 11.9. The lowest BCUT2D eigenvalue weighted by Gasteiger charge is -2.10. The molecule has 2 aromatic rings. The lowest BCUT2D eigenvalue weighted by Crippen LogP contribution is -2.22. The van der Waals surface area contributed by atoms with Crippen molar-refractivity contribution in [3.63, 3.8) is 0 Å². The summed E-state index contributed by atoms with van der Waals surface area (Å²) in [5.74, 6) is -0.0870. The fraction of sp³-hybridized carbons (Fsp3) is 0.364. The molecule has 0 bridgehead atoms. The number of carbonyl (C=O) groups is 1. The number of hydrazone groups is 1. The molecule has 0 aliphatic rings. The van der Waals surface area contributed by atoms with Gasteiger partial charge in [-0.3, -0.25) is 4.79 Å². The highest BCUT2D eigenvalue weighted by molar-refractivity contribution is 6.00. The van der Waals surface area contributed by atoms with Crippen molar-refractivity contribution in [2.24, 2.45) is 5.10 Å². The van der Waals surface area contributed by atoms with Gasteiger partial charge in [0.05, 0.1) is 12.1 Å². The van der Waals surface area contributed by atoms with Crippen LogP contribution < -0.4 is 5.43 Å². The number of benzene rings is 2. The average molecular weight is 336 g/mol. The first-order valence-electron chi connectivity index (χ1n) is 8.96. The van der Waals surface area contributed by atoms with E-state index in [0.29, 0.717) is 6.42 Å². The Bertz CT molecular complexity index is 791. The largest absolute Gasteiger partial charge is 0.273 e. The first kappa shape index (κ1) is 18.9. The van der Waals surface area contributed by atoms with E-state index in [1.807, 2.05) is 26.0 Å².